The summed E-state index contributed by atoms with van der Waals surface area (Å²) in [6.07, 6.45) is 7.05. The molecule has 1 saturated carbocycles. The Morgan fingerprint density at radius 3 is 2.67 bits per heavy atom. The molecule has 1 aromatic carbocycles. The molecule has 2 N–H and O–H groups in total. The van der Waals surface area contributed by atoms with Crippen molar-refractivity contribution in [2.45, 2.75) is 58.2 Å². The largest absolute Gasteiger partial charge is 0.399 e. The second-order valence-electron chi connectivity index (χ2n) is 5.51. The smallest absolute Gasteiger partial charge is 0.0800 e. The van der Waals surface area contributed by atoms with Gasteiger partial charge in [0, 0.05) is 5.69 Å². The predicted octanol–water partition coefficient (Wildman–Crippen LogP) is 4.32. The Hall–Kier alpha value is -1.02. The van der Waals surface area contributed by atoms with Crippen LogP contribution >= 0.6 is 0 Å². The molecule has 0 spiro atoms. The van der Waals surface area contributed by atoms with Crippen molar-refractivity contribution in [3.8, 4) is 0 Å². The van der Waals surface area contributed by atoms with Gasteiger partial charge >= 0.3 is 0 Å². The van der Waals surface area contributed by atoms with Crippen molar-refractivity contribution in [2.24, 2.45) is 5.92 Å². The van der Waals surface area contributed by atoms with Crippen LogP contribution in [0.2, 0.25) is 0 Å². The normalized spacial score (nSPS) is 25.9. The lowest BCUT2D eigenvalue weighted by Gasteiger charge is -2.30. The molecule has 2 heteroatoms. The Balaban J connectivity index is 1.90. The van der Waals surface area contributed by atoms with Crippen molar-refractivity contribution >= 4 is 5.69 Å². The van der Waals surface area contributed by atoms with Crippen molar-refractivity contribution in [1.82, 2.24) is 0 Å². The molecule has 1 aromatic rings. The molecule has 18 heavy (non-hydrogen) atoms. The SMILES string of the molecule is CCC1CCCC(OC(C)c2ccc(N)cc2)C1. The van der Waals surface area contributed by atoms with E-state index in [1.165, 1.54) is 37.7 Å². The predicted molar refractivity (Wildman–Crippen MR) is 76.4 cm³/mol. The van der Waals surface area contributed by atoms with E-state index in [1.807, 2.05) is 12.1 Å². The van der Waals surface area contributed by atoms with E-state index < -0.39 is 0 Å². The van der Waals surface area contributed by atoms with Crippen LogP contribution in [-0.4, -0.2) is 6.10 Å². The molecule has 0 aromatic heterocycles. The zero-order chi connectivity index (χ0) is 13.0. The van der Waals surface area contributed by atoms with Crippen LogP contribution in [0.4, 0.5) is 5.69 Å². The molecule has 0 bridgehead atoms. The maximum Gasteiger partial charge on any atom is 0.0800 e. The number of rotatable bonds is 4. The van der Waals surface area contributed by atoms with Crippen LogP contribution in [0.1, 0.15) is 57.6 Å². The van der Waals surface area contributed by atoms with Gasteiger partial charge in [0.05, 0.1) is 12.2 Å². The zero-order valence-corrected chi connectivity index (χ0v) is 11.6. The third-order valence-electron chi connectivity index (χ3n) is 4.11. The van der Waals surface area contributed by atoms with Gasteiger partial charge in [0.2, 0.25) is 0 Å². The summed E-state index contributed by atoms with van der Waals surface area (Å²) in [4.78, 5) is 0. The van der Waals surface area contributed by atoms with Gasteiger partial charge in [-0.25, -0.2) is 0 Å². The maximum atomic E-state index is 6.21. The summed E-state index contributed by atoms with van der Waals surface area (Å²) in [7, 11) is 0. The first kappa shape index (κ1) is 13.4. The Morgan fingerprint density at radius 2 is 2.00 bits per heavy atom. The first-order valence-corrected chi connectivity index (χ1v) is 7.20. The molecule has 0 aliphatic heterocycles. The second-order valence-corrected chi connectivity index (χ2v) is 5.51. The highest BCUT2D eigenvalue weighted by atomic mass is 16.5. The van der Waals surface area contributed by atoms with E-state index in [9.17, 15) is 0 Å². The van der Waals surface area contributed by atoms with E-state index in [0.29, 0.717) is 6.10 Å². The molecule has 3 atom stereocenters. The number of nitrogens with two attached hydrogens (primary N) is 1. The van der Waals surface area contributed by atoms with Gasteiger partial charge in [-0.1, -0.05) is 38.3 Å². The summed E-state index contributed by atoms with van der Waals surface area (Å²) in [5.74, 6) is 0.863. The molecule has 2 nitrogen and oxygen atoms in total. The first-order chi connectivity index (χ1) is 8.69. The summed E-state index contributed by atoms with van der Waals surface area (Å²) < 4.78 is 6.21. The van der Waals surface area contributed by atoms with Crippen LogP contribution in [0.5, 0.6) is 0 Å². The van der Waals surface area contributed by atoms with Crippen LogP contribution in [-0.2, 0) is 4.74 Å². The van der Waals surface area contributed by atoms with E-state index in [0.717, 1.165) is 11.6 Å². The summed E-state index contributed by atoms with van der Waals surface area (Å²) in [6.45, 7) is 4.43. The highest BCUT2D eigenvalue weighted by Gasteiger charge is 2.23. The second kappa shape index (κ2) is 6.24. The molecule has 1 aliphatic carbocycles. The number of hydrogen-bond acceptors (Lipinski definition) is 2. The molecular weight excluding hydrogens is 222 g/mol. The van der Waals surface area contributed by atoms with Gasteiger partial charge in [-0.3, -0.25) is 0 Å². The van der Waals surface area contributed by atoms with Crippen LogP contribution in [0.25, 0.3) is 0 Å². The van der Waals surface area contributed by atoms with Crippen molar-refractivity contribution < 1.29 is 4.74 Å². The van der Waals surface area contributed by atoms with Gasteiger partial charge in [0.25, 0.3) is 0 Å². The Kier molecular flexibility index (Phi) is 4.65. The van der Waals surface area contributed by atoms with Crippen LogP contribution in [0, 0.1) is 5.92 Å². The molecule has 1 fully saturated rings. The number of benzene rings is 1. The average molecular weight is 247 g/mol. The lowest BCUT2D eigenvalue weighted by Crippen LogP contribution is -2.23. The van der Waals surface area contributed by atoms with E-state index in [1.54, 1.807) is 0 Å². The van der Waals surface area contributed by atoms with Crippen molar-refractivity contribution in [2.75, 3.05) is 5.73 Å². The van der Waals surface area contributed by atoms with Gasteiger partial charge in [-0.05, 0) is 43.4 Å². The third kappa shape index (κ3) is 3.49. The van der Waals surface area contributed by atoms with Gasteiger partial charge in [-0.2, -0.15) is 0 Å². The molecule has 0 heterocycles. The van der Waals surface area contributed by atoms with Crippen LogP contribution in [0.3, 0.4) is 0 Å². The van der Waals surface area contributed by atoms with Crippen molar-refractivity contribution in [3.05, 3.63) is 29.8 Å². The molecule has 1 aliphatic rings. The van der Waals surface area contributed by atoms with Gasteiger partial charge in [-0.15, -0.1) is 0 Å². The van der Waals surface area contributed by atoms with E-state index in [4.69, 9.17) is 10.5 Å². The van der Waals surface area contributed by atoms with Gasteiger partial charge in [0.1, 0.15) is 0 Å². The number of hydrogen-bond donors (Lipinski definition) is 1. The quantitative estimate of drug-likeness (QED) is 0.804. The lowest BCUT2D eigenvalue weighted by molar-refractivity contribution is -0.0339. The molecule has 0 radical (unpaired) electrons. The van der Waals surface area contributed by atoms with E-state index in [-0.39, 0.29) is 6.10 Å². The number of nitrogen functional groups attached to an aromatic ring is 1. The minimum atomic E-state index is 0.172. The van der Waals surface area contributed by atoms with Crippen molar-refractivity contribution in [1.29, 1.82) is 0 Å². The molecular formula is C16H25NO. The summed E-state index contributed by atoms with van der Waals surface area (Å²) in [5.41, 5.74) is 7.75. The van der Waals surface area contributed by atoms with Crippen molar-refractivity contribution in [3.63, 3.8) is 0 Å². The van der Waals surface area contributed by atoms with Crippen LogP contribution in [0.15, 0.2) is 24.3 Å². The average Bonchev–Trinajstić information content (AvgIpc) is 2.39. The Labute approximate surface area is 111 Å². The minimum Gasteiger partial charge on any atom is -0.399 e. The van der Waals surface area contributed by atoms with Gasteiger partial charge < -0.3 is 10.5 Å². The minimum absolute atomic E-state index is 0.172. The number of anilines is 1. The molecule has 0 saturated heterocycles. The standard InChI is InChI=1S/C16H25NO/c1-3-13-5-4-6-16(11-13)18-12(2)14-7-9-15(17)10-8-14/h7-10,12-13,16H,3-6,11,17H2,1-2H3. The Morgan fingerprint density at radius 1 is 1.28 bits per heavy atom. The number of ether oxygens (including phenoxy) is 1. The highest BCUT2D eigenvalue weighted by molar-refractivity contribution is 5.39. The summed E-state index contributed by atoms with van der Waals surface area (Å²) in [5, 5.41) is 0. The molecule has 100 valence electrons. The molecule has 0 amide bonds. The highest BCUT2D eigenvalue weighted by Crippen LogP contribution is 2.31. The fourth-order valence-electron chi connectivity index (χ4n) is 2.87. The fraction of sp³-hybridized carbons (Fsp3) is 0.625. The van der Waals surface area contributed by atoms with E-state index >= 15 is 0 Å². The van der Waals surface area contributed by atoms with Crippen LogP contribution < -0.4 is 5.73 Å². The summed E-state index contributed by atoms with van der Waals surface area (Å²) in [6, 6.07) is 8.04. The van der Waals surface area contributed by atoms with E-state index in [2.05, 4.69) is 26.0 Å². The Bertz CT molecular complexity index is 360. The monoisotopic (exact) mass is 247 g/mol. The topological polar surface area (TPSA) is 35.2 Å². The lowest BCUT2D eigenvalue weighted by atomic mass is 9.85. The zero-order valence-electron chi connectivity index (χ0n) is 11.6. The van der Waals surface area contributed by atoms with Gasteiger partial charge in [0.15, 0.2) is 0 Å². The summed E-state index contributed by atoms with van der Waals surface area (Å²) >= 11 is 0. The maximum absolute atomic E-state index is 6.21. The fourth-order valence-corrected chi connectivity index (χ4v) is 2.87. The molecule has 3 unspecified atom stereocenters. The third-order valence-corrected chi connectivity index (χ3v) is 4.11. The molecule has 2 rings (SSSR count). The first-order valence-electron chi connectivity index (χ1n) is 7.20.